The van der Waals surface area contributed by atoms with Crippen molar-refractivity contribution in [3.05, 3.63) is 66.8 Å². The van der Waals surface area contributed by atoms with Gasteiger partial charge in [0.2, 0.25) is 0 Å². The fourth-order valence-electron chi connectivity index (χ4n) is 1.85. The van der Waals surface area contributed by atoms with Crippen LogP contribution in [0.5, 0.6) is 0 Å². The molecule has 1 atom stereocenters. The Morgan fingerprint density at radius 2 is 2.12 bits per heavy atom. The third-order valence-electron chi connectivity index (χ3n) is 2.61. The molecule has 0 aliphatic rings. The molecule has 0 fully saturated rings. The van der Waals surface area contributed by atoms with Crippen molar-refractivity contribution in [1.29, 1.82) is 0 Å². The molecule has 0 N–H and O–H groups in total. The van der Waals surface area contributed by atoms with Gasteiger partial charge in [0.15, 0.2) is 0 Å². The second-order valence-corrected chi connectivity index (χ2v) is 4.10. The molecule has 1 aromatic heterocycles. The zero-order valence-electron chi connectivity index (χ0n) is 9.50. The smallest absolute Gasteiger partial charge is 0.0951 e. The van der Waals surface area contributed by atoms with Crippen molar-refractivity contribution < 1.29 is 0 Å². The van der Waals surface area contributed by atoms with E-state index in [0.29, 0.717) is 6.04 Å². The van der Waals surface area contributed by atoms with E-state index in [2.05, 4.69) is 47.3 Å². The Morgan fingerprint density at radius 3 is 2.69 bits per heavy atom. The van der Waals surface area contributed by atoms with E-state index in [1.54, 1.807) is 0 Å². The quantitative estimate of drug-likeness (QED) is 0.710. The van der Waals surface area contributed by atoms with Crippen molar-refractivity contribution in [3.8, 4) is 0 Å². The van der Waals surface area contributed by atoms with E-state index in [9.17, 15) is 0 Å². The Labute approximate surface area is 96.3 Å². The summed E-state index contributed by atoms with van der Waals surface area (Å²) in [6, 6.07) is 10.8. The van der Waals surface area contributed by atoms with Gasteiger partial charge in [-0.2, -0.15) is 0 Å². The molecule has 2 nitrogen and oxygen atoms in total. The van der Waals surface area contributed by atoms with E-state index in [4.69, 9.17) is 0 Å². The van der Waals surface area contributed by atoms with Gasteiger partial charge in [-0.3, -0.25) is 0 Å². The maximum Gasteiger partial charge on any atom is 0.0951 e. The topological polar surface area (TPSA) is 17.8 Å². The van der Waals surface area contributed by atoms with Crippen molar-refractivity contribution in [2.24, 2.45) is 0 Å². The van der Waals surface area contributed by atoms with Gasteiger partial charge in [-0.1, -0.05) is 35.9 Å². The van der Waals surface area contributed by atoms with Crippen molar-refractivity contribution in [2.45, 2.75) is 19.4 Å². The third kappa shape index (κ3) is 2.40. The molecule has 1 heterocycles. The molecule has 2 heteroatoms. The molecule has 82 valence electrons. The number of hydrogen-bond acceptors (Lipinski definition) is 1. The summed E-state index contributed by atoms with van der Waals surface area (Å²) in [6.45, 7) is 6.06. The van der Waals surface area contributed by atoms with Crippen molar-refractivity contribution in [3.63, 3.8) is 0 Å². The second-order valence-electron chi connectivity index (χ2n) is 4.10. The lowest BCUT2D eigenvalue weighted by molar-refractivity contribution is 0.579. The first-order valence-electron chi connectivity index (χ1n) is 5.44. The monoisotopic (exact) mass is 212 g/mol. The van der Waals surface area contributed by atoms with Crippen molar-refractivity contribution in [1.82, 2.24) is 9.55 Å². The molecule has 2 aromatic rings. The predicted octanol–water partition coefficient (Wildman–Crippen LogP) is 3.44. The minimum Gasteiger partial charge on any atom is -0.330 e. The summed E-state index contributed by atoms with van der Waals surface area (Å²) in [7, 11) is 0. The fourth-order valence-corrected chi connectivity index (χ4v) is 1.85. The highest BCUT2D eigenvalue weighted by atomic mass is 15.0. The Kier molecular flexibility index (Phi) is 3.20. The average Bonchev–Trinajstić information content (AvgIpc) is 2.80. The van der Waals surface area contributed by atoms with Gasteiger partial charge in [0.1, 0.15) is 0 Å². The lowest BCUT2D eigenvalue weighted by Gasteiger charge is -2.18. The van der Waals surface area contributed by atoms with Crippen LogP contribution in [0.1, 0.15) is 24.9 Å². The normalized spacial score (nSPS) is 12.3. The molecule has 1 unspecified atom stereocenters. The average molecular weight is 212 g/mol. The number of nitrogens with zero attached hydrogens (tertiary/aromatic N) is 2. The molecule has 16 heavy (non-hydrogen) atoms. The largest absolute Gasteiger partial charge is 0.330 e. The lowest BCUT2D eigenvalue weighted by Crippen LogP contribution is -2.09. The summed E-state index contributed by atoms with van der Waals surface area (Å²) in [6.07, 6.45) is 6.62. The highest BCUT2D eigenvalue weighted by molar-refractivity contribution is 5.21. The first-order valence-corrected chi connectivity index (χ1v) is 5.44. The van der Waals surface area contributed by atoms with Crippen LogP contribution in [0.4, 0.5) is 0 Å². The number of hydrogen-bond donors (Lipinski definition) is 0. The van der Waals surface area contributed by atoms with Crippen LogP contribution in [0.2, 0.25) is 0 Å². The number of imidazole rings is 1. The van der Waals surface area contributed by atoms with Gasteiger partial charge < -0.3 is 4.57 Å². The summed E-state index contributed by atoms with van der Waals surface area (Å²) in [5.74, 6) is 0. The van der Waals surface area contributed by atoms with Gasteiger partial charge >= 0.3 is 0 Å². The minimum absolute atomic E-state index is 0.307. The van der Waals surface area contributed by atoms with Crippen molar-refractivity contribution in [2.75, 3.05) is 0 Å². The molecule has 0 spiro atoms. The molecule has 0 saturated heterocycles. The summed E-state index contributed by atoms with van der Waals surface area (Å²) < 4.78 is 2.13. The fraction of sp³-hybridized carbons (Fsp3) is 0.214. The van der Waals surface area contributed by atoms with Crippen LogP contribution in [-0.4, -0.2) is 9.55 Å². The lowest BCUT2D eigenvalue weighted by atomic mass is 10.0. The van der Waals surface area contributed by atoms with E-state index in [0.717, 1.165) is 6.42 Å². The standard InChI is InChI=1S/C14H16N2/c1-12(2)10-14(16-9-8-15-11-16)13-6-4-3-5-7-13/h3-9,11,14H,1,10H2,2H3. The molecule has 0 bridgehead atoms. The molecule has 0 aliphatic heterocycles. The van der Waals surface area contributed by atoms with Gasteiger partial charge in [-0.15, -0.1) is 6.58 Å². The summed E-state index contributed by atoms with van der Waals surface area (Å²) in [5, 5.41) is 0. The summed E-state index contributed by atoms with van der Waals surface area (Å²) in [5.41, 5.74) is 2.48. The highest BCUT2D eigenvalue weighted by Gasteiger charge is 2.12. The van der Waals surface area contributed by atoms with Crippen LogP contribution in [0.15, 0.2) is 61.2 Å². The zero-order chi connectivity index (χ0) is 11.4. The van der Waals surface area contributed by atoms with E-state index in [-0.39, 0.29) is 0 Å². The van der Waals surface area contributed by atoms with Crippen LogP contribution in [0.25, 0.3) is 0 Å². The molecular weight excluding hydrogens is 196 g/mol. The Morgan fingerprint density at radius 1 is 1.38 bits per heavy atom. The molecule has 2 rings (SSSR count). The Bertz CT molecular complexity index is 443. The van der Waals surface area contributed by atoms with E-state index in [1.165, 1.54) is 11.1 Å². The SMILES string of the molecule is C=C(C)CC(c1ccccc1)n1ccnc1. The molecular formula is C14H16N2. The summed E-state index contributed by atoms with van der Waals surface area (Å²) in [4.78, 5) is 4.11. The van der Waals surface area contributed by atoms with Gasteiger partial charge in [0.25, 0.3) is 0 Å². The van der Waals surface area contributed by atoms with E-state index >= 15 is 0 Å². The number of allylic oxidation sites excluding steroid dienone is 1. The van der Waals surface area contributed by atoms with Crippen LogP contribution in [-0.2, 0) is 0 Å². The van der Waals surface area contributed by atoms with Crippen molar-refractivity contribution >= 4 is 0 Å². The molecule has 0 radical (unpaired) electrons. The molecule has 0 saturated carbocycles. The first-order chi connectivity index (χ1) is 7.77. The van der Waals surface area contributed by atoms with E-state index < -0.39 is 0 Å². The van der Waals surface area contributed by atoms with Gasteiger partial charge in [0, 0.05) is 12.4 Å². The number of benzene rings is 1. The molecule has 1 aromatic carbocycles. The molecule has 0 amide bonds. The van der Waals surface area contributed by atoms with Gasteiger partial charge in [0.05, 0.1) is 12.4 Å². The Balaban J connectivity index is 2.32. The summed E-state index contributed by atoms with van der Waals surface area (Å²) >= 11 is 0. The van der Waals surface area contributed by atoms with E-state index in [1.807, 2.05) is 24.8 Å². The first kappa shape index (κ1) is 10.7. The highest BCUT2D eigenvalue weighted by Crippen LogP contribution is 2.24. The number of rotatable bonds is 4. The Hall–Kier alpha value is -1.83. The maximum atomic E-state index is 4.11. The number of aromatic nitrogens is 2. The minimum atomic E-state index is 0.307. The third-order valence-corrected chi connectivity index (χ3v) is 2.61. The van der Waals surface area contributed by atoms with Gasteiger partial charge in [-0.05, 0) is 18.9 Å². The maximum absolute atomic E-state index is 4.11. The van der Waals surface area contributed by atoms with Crippen LogP contribution in [0, 0.1) is 0 Å². The second kappa shape index (κ2) is 4.79. The predicted molar refractivity (Wildman–Crippen MR) is 66.2 cm³/mol. The van der Waals surface area contributed by atoms with Crippen LogP contribution in [0.3, 0.4) is 0 Å². The zero-order valence-corrected chi connectivity index (χ0v) is 9.50. The molecule has 0 aliphatic carbocycles. The van der Waals surface area contributed by atoms with Gasteiger partial charge in [-0.25, -0.2) is 4.98 Å². The van der Waals surface area contributed by atoms with Crippen LogP contribution < -0.4 is 0 Å². The van der Waals surface area contributed by atoms with Crippen LogP contribution >= 0.6 is 0 Å².